The molecular formula is C28H31F6N5O4. The van der Waals surface area contributed by atoms with E-state index in [0.717, 1.165) is 19.2 Å². The van der Waals surface area contributed by atoms with E-state index in [1.807, 2.05) is 0 Å². The molecule has 2 fully saturated rings. The maximum absolute atomic E-state index is 13.8. The Morgan fingerprint density at radius 3 is 2.09 bits per heavy atom. The van der Waals surface area contributed by atoms with Crippen molar-refractivity contribution >= 4 is 29.3 Å². The van der Waals surface area contributed by atoms with Crippen LogP contribution in [-0.4, -0.2) is 78.9 Å². The summed E-state index contributed by atoms with van der Waals surface area (Å²) in [5.41, 5.74) is -0.0677. The Morgan fingerprint density at radius 2 is 1.51 bits per heavy atom. The van der Waals surface area contributed by atoms with Crippen LogP contribution < -0.4 is 9.80 Å². The number of anilines is 2. The maximum atomic E-state index is 13.8. The second kappa shape index (κ2) is 13.2. The largest absolute Gasteiger partial charge is 0.462 e. The van der Waals surface area contributed by atoms with Gasteiger partial charge in [0.25, 0.3) is 0 Å². The Morgan fingerprint density at radius 1 is 0.884 bits per heavy atom. The average molecular weight is 616 g/mol. The Kier molecular flexibility index (Phi) is 9.80. The average Bonchev–Trinajstić information content (AvgIpc) is 2.99. The van der Waals surface area contributed by atoms with Crippen LogP contribution in [0.4, 0.5) is 38.0 Å². The molecule has 0 bridgehead atoms. The zero-order valence-electron chi connectivity index (χ0n) is 23.4. The maximum Gasteiger partial charge on any atom is 0.451 e. The van der Waals surface area contributed by atoms with Crippen LogP contribution in [-0.2, 0) is 37.9 Å². The summed E-state index contributed by atoms with van der Waals surface area (Å²) in [5.74, 6) is -3.61. The molecule has 2 aliphatic heterocycles. The second-order valence-electron chi connectivity index (χ2n) is 10.5. The van der Waals surface area contributed by atoms with Gasteiger partial charge in [-0.1, -0.05) is 12.1 Å². The van der Waals surface area contributed by atoms with Crippen molar-refractivity contribution in [2.75, 3.05) is 56.2 Å². The molecule has 1 aromatic carbocycles. The molecule has 0 aliphatic carbocycles. The molecular weight excluding hydrogens is 584 g/mol. The van der Waals surface area contributed by atoms with Crippen LogP contribution in [0.5, 0.6) is 0 Å². The number of ketones is 1. The number of aryl methyl sites for hydroxylation is 1. The highest BCUT2D eigenvalue weighted by Gasteiger charge is 2.38. The summed E-state index contributed by atoms with van der Waals surface area (Å²) < 4.78 is 84.0. The Hall–Kier alpha value is -3.91. The first kappa shape index (κ1) is 32.0. The third-order valence-corrected chi connectivity index (χ3v) is 7.57. The lowest BCUT2D eigenvalue weighted by Gasteiger charge is -2.36. The number of esters is 1. The molecule has 2 aromatic rings. The minimum atomic E-state index is -4.82. The van der Waals surface area contributed by atoms with Gasteiger partial charge in [0.15, 0.2) is 0 Å². The number of Topliss-reactive ketones (excluding diaryl/α,β-unsaturated/α-hetero) is 1. The van der Waals surface area contributed by atoms with Crippen molar-refractivity contribution in [2.45, 2.75) is 44.5 Å². The number of nitrogens with zero attached hydrogens (tertiary/aromatic N) is 5. The topological polar surface area (TPSA) is 95.9 Å². The lowest BCUT2D eigenvalue weighted by molar-refractivity contribution is -0.158. The smallest absolute Gasteiger partial charge is 0.451 e. The first-order chi connectivity index (χ1) is 20.3. The van der Waals surface area contributed by atoms with Crippen LogP contribution in [0.15, 0.2) is 30.3 Å². The summed E-state index contributed by atoms with van der Waals surface area (Å²) in [5, 5.41) is 0. The number of hydrogen-bond donors (Lipinski definition) is 0. The fraction of sp³-hybridized carbons (Fsp3) is 0.536. The molecule has 2 aliphatic rings. The fourth-order valence-corrected chi connectivity index (χ4v) is 5.21. The van der Waals surface area contributed by atoms with E-state index in [4.69, 9.17) is 0 Å². The predicted molar refractivity (Wildman–Crippen MR) is 142 cm³/mol. The number of halogens is 6. The Balaban J connectivity index is 1.40. The van der Waals surface area contributed by atoms with Gasteiger partial charge in [-0.05, 0) is 43.4 Å². The first-order valence-corrected chi connectivity index (χ1v) is 13.8. The molecule has 15 heteroatoms. The van der Waals surface area contributed by atoms with Gasteiger partial charge in [-0.15, -0.1) is 0 Å². The predicted octanol–water partition coefficient (Wildman–Crippen LogP) is 4.14. The van der Waals surface area contributed by atoms with Gasteiger partial charge in [-0.3, -0.25) is 9.59 Å². The highest BCUT2D eigenvalue weighted by Crippen LogP contribution is 2.33. The van der Waals surface area contributed by atoms with E-state index in [1.165, 1.54) is 23.1 Å². The van der Waals surface area contributed by atoms with Gasteiger partial charge in [0.05, 0.1) is 12.7 Å². The van der Waals surface area contributed by atoms with Gasteiger partial charge in [0.2, 0.25) is 5.82 Å². The van der Waals surface area contributed by atoms with Gasteiger partial charge in [-0.2, -0.15) is 26.3 Å². The Labute approximate surface area is 243 Å². The molecule has 43 heavy (non-hydrogen) atoms. The van der Waals surface area contributed by atoms with Crippen molar-refractivity contribution in [2.24, 2.45) is 5.92 Å². The van der Waals surface area contributed by atoms with Gasteiger partial charge in [0.1, 0.15) is 17.4 Å². The number of amides is 1. The fourth-order valence-electron chi connectivity index (χ4n) is 5.21. The number of hydrogen-bond acceptors (Lipinski definition) is 8. The second-order valence-corrected chi connectivity index (χ2v) is 10.5. The first-order valence-electron chi connectivity index (χ1n) is 13.8. The molecule has 0 saturated carbocycles. The SMILES string of the molecule is COC(=O)C(=O)N1CCN(c2cc(N3CCC[C@@H](C(=O)CCCc4ccc(C(F)(F)F)cc4)C3)nc(C(F)(F)F)n2)CC1. The summed E-state index contributed by atoms with van der Waals surface area (Å²) in [7, 11) is 1.08. The molecule has 9 nitrogen and oxygen atoms in total. The summed E-state index contributed by atoms with van der Waals surface area (Å²) in [6, 6.07) is 6.21. The van der Waals surface area contributed by atoms with E-state index in [0.29, 0.717) is 37.8 Å². The van der Waals surface area contributed by atoms with Gasteiger partial charge >= 0.3 is 24.2 Å². The summed E-state index contributed by atoms with van der Waals surface area (Å²) in [4.78, 5) is 48.6. The normalized spacial score (nSPS) is 18.0. The molecule has 0 spiro atoms. The molecule has 2 saturated heterocycles. The van der Waals surface area contributed by atoms with E-state index in [2.05, 4.69) is 14.7 Å². The number of piperazine rings is 1. The molecule has 1 aromatic heterocycles. The van der Waals surface area contributed by atoms with Crippen LogP contribution in [0.2, 0.25) is 0 Å². The van der Waals surface area contributed by atoms with Crippen LogP contribution in [0.25, 0.3) is 0 Å². The van der Waals surface area contributed by atoms with E-state index in [-0.39, 0.29) is 56.6 Å². The number of ether oxygens (including phenoxy) is 1. The van der Waals surface area contributed by atoms with E-state index < -0.39 is 41.5 Å². The molecule has 234 valence electrons. The van der Waals surface area contributed by atoms with Crippen LogP contribution in [0, 0.1) is 5.92 Å². The number of benzene rings is 1. The van der Waals surface area contributed by atoms with Crippen molar-refractivity contribution in [3.05, 3.63) is 47.3 Å². The molecule has 0 N–H and O–H groups in total. The highest BCUT2D eigenvalue weighted by atomic mass is 19.4. The van der Waals surface area contributed by atoms with Crippen molar-refractivity contribution in [1.82, 2.24) is 14.9 Å². The van der Waals surface area contributed by atoms with Gasteiger partial charge < -0.3 is 19.4 Å². The molecule has 3 heterocycles. The number of rotatable bonds is 7. The van der Waals surface area contributed by atoms with Crippen LogP contribution >= 0.6 is 0 Å². The van der Waals surface area contributed by atoms with E-state index in [1.54, 1.807) is 9.80 Å². The summed E-state index contributed by atoms with van der Waals surface area (Å²) >= 11 is 0. The van der Waals surface area contributed by atoms with Crippen molar-refractivity contribution in [1.29, 1.82) is 0 Å². The monoisotopic (exact) mass is 615 g/mol. The number of piperidine rings is 1. The Bertz CT molecular complexity index is 1310. The van der Waals surface area contributed by atoms with E-state index >= 15 is 0 Å². The third kappa shape index (κ3) is 8.14. The lowest BCUT2D eigenvalue weighted by Crippen LogP contribution is -2.51. The number of alkyl halides is 6. The zero-order valence-corrected chi connectivity index (χ0v) is 23.4. The van der Waals surface area contributed by atoms with Crippen LogP contribution in [0.1, 0.15) is 42.6 Å². The van der Waals surface area contributed by atoms with Crippen molar-refractivity contribution in [3.63, 3.8) is 0 Å². The zero-order chi connectivity index (χ0) is 31.4. The minimum Gasteiger partial charge on any atom is -0.462 e. The molecule has 0 unspecified atom stereocenters. The number of methoxy groups -OCH3 is 1. The molecule has 1 amide bonds. The summed E-state index contributed by atoms with van der Waals surface area (Å²) in [6.45, 7) is 1.01. The number of carbonyl (C=O) groups excluding carboxylic acids is 3. The van der Waals surface area contributed by atoms with Gasteiger partial charge in [0, 0.05) is 57.7 Å². The lowest BCUT2D eigenvalue weighted by atomic mass is 9.90. The minimum absolute atomic E-state index is 0.0208. The van der Waals surface area contributed by atoms with Crippen LogP contribution in [0.3, 0.4) is 0 Å². The van der Waals surface area contributed by atoms with Gasteiger partial charge in [-0.25, -0.2) is 14.8 Å². The molecule has 0 radical (unpaired) electrons. The number of aromatic nitrogens is 2. The highest BCUT2D eigenvalue weighted by molar-refractivity contribution is 6.32. The third-order valence-electron chi connectivity index (χ3n) is 7.57. The molecule has 4 rings (SSSR count). The summed E-state index contributed by atoms with van der Waals surface area (Å²) in [6.07, 6.45) is -7.08. The van der Waals surface area contributed by atoms with Crippen molar-refractivity contribution in [3.8, 4) is 0 Å². The quantitative estimate of drug-likeness (QED) is 0.261. The standard InChI is InChI=1S/C28H31F6N5O4/c1-43-25(42)24(41)38-14-12-37(13-15-38)22-16-23(36-26(35-22)28(32,33)34)39-11-3-5-19(17-39)21(40)6-2-4-18-7-9-20(10-8-18)27(29,30)31/h7-10,16,19H,2-6,11-15,17H2,1H3/t19-/m1/s1. The molecule has 1 atom stereocenters. The number of carbonyl (C=O) groups is 3. The van der Waals surface area contributed by atoms with E-state index in [9.17, 15) is 40.7 Å². The van der Waals surface area contributed by atoms with Crippen molar-refractivity contribution < 1.29 is 45.5 Å².